The normalized spacial score (nSPS) is 14.2. The second kappa shape index (κ2) is 8.46. The SMILES string of the molecule is COc1nc(C)cnc1NS(=O)(=O)c1cccnc1C#Cc1cc2c(cc1C)COC2(C)C. The second-order valence-corrected chi connectivity index (χ2v) is 9.85. The lowest BCUT2D eigenvalue weighted by atomic mass is 9.92. The zero-order chi connectivity index (χ0) is 23.8. The molecule has 0 bridgehead atoms. The molecule has 0 unspecified atom stereocenters. The molecular formula is C24H24N4O4S. The molecule has 0 saturated carbocycles. The third-order valence-corrected chi connectivity index (χ3v) is 6.72. The fourth-order valence-electron chi connectivity index (χ4n) is 3.60. The van der Waals surface area contributed by atoms with Crippen molar-refractivity contribution in [2.24, 2.45) is 0 Å². The van der Waals surface area contributed by atoms with E-state index < -0.39 is 15.6 Å². The van der Waals surface area contributed by atoms with Crippen molar-refractivity contribution in [3.05, 3.63) is 70.3 Å². The van der Waals surface area contributed by atoms with E-state index in [9.17, 15) is 8.42 Å². The first kappa shape index (κ1) is 22.7. The van der Waals surface area contributed by atoms with Gasteiger partial charge >= 0.3 is 0 Å². The molecule has 33 heavy (non-hydrogen) atoms. The lowest BCUT2D eigenvalue weighted by Gasteiger charge is -2.18. The van der Waals surface area contributed by atoms with Gasteiger partial charge in [-0.1, -0.05) is 12.0 Å². The van der Waals surface area contributed by atoms with Gasteiger partial charge in [0.15, 0.2) is 0 Å². The summed E-state index contributed by atoms with van der Waals surface area (Å²) in [4.78, 5) is 12.4. The number of pyridine rings is 1. The van der Waals surface area contributed by atoms with Crippen molar-refractivity contribution in [2.75, 3.05) is 11.8 Å². The number of rotatable bonds is 4. The van der Waals surface area contributed by atoms with Crippen LogP contribution in [0.1, 0.15) is 47.5 Å². The number of anilines is 1. The molecule has 1 aromatic carbocycles. The molecule has 4 rings (SSSR count). The predicted octanol–water partition coefficient (Wildman–Crippen LogP) is 3.46. The lowest BCUT2D eigenvalue weighted by molar-refractivity contribution is -0.00790. The van der Waals surface area contributed by atoms with Crippen LogP contribution >= 0.6 is 0 Å². The topological polar surface area (TPSA) is 103 Å². The van der Waals surface area contributed by atoms with Crippen molar-refractivity contribution >= 4 is 15.8 Å². The van der Waals surface area contributed by atoms with Crippen LogP contribution in [0, 0.1) is 25.7 Å². The van der Waals surface area contributed by atoms with Gasteiger partial charge in [0.2, 0.25) is 5.82 Å². The van der Waals surface area contributed by atoms with E-state index in [-0.39, 0.29) is 22.3 Å². The largest absolute Gasteiger partial charge is 0.478 e. The molecule has 8 nitrogen and oxygen atoms in total. The van der Waals surface area contributed by atoms with E-state index in [0.29, 0.717) is 12.3 Å². The molecule has 9 heteroatoms. The number of benzene rings is 1. The predicted molar refractivity (Wildman–Crippen MR) is 123 cm³/mol. The molecule has 3 aromatic rings. The van der Waals surface area contributed by atoms with Crippen LogP contribution in [0.2, 0.25) is 0 Å². The van der Waals surface area contributed by atoms with Crippen molar-refractivity contribution in [1.29, 1.82) is 0 Å². The summed E-state index contributed by atoms with van der Waals surface area (Å²) in [5, 5.41) is 0. The molecule has 0 aliphatic carbocycles. The maximum atomic E-state index is 13.1. The summed E-state index contributed by atoms with van der Waals surface area (Å²) in [6.45, 7) is 8.30. The second-order valence-electron chi connectivity index (χ2n) is 8.20. The van der Waals surface area contributed by atoms with E-state index in [1.807, 2.05) is 26.8 Å². The maximum absolute atomic E-state index is 13.1. The highest BCUT2D eigenvalue weighted by Crippen LogP contribution is 2.37. The van der Waals surface area contributed by atoms with E-state index in [0.717, 1.165) is 22.3 Å². The number of hydrogen-bond donors (Lipinski definition) is 1. The number of aryl methyl sites for hydroxylation is 2. The van der Waals surface area contributed by atoms with E-state index in [2.05, 4.69) is 37.6 Å². The number of fused-ring (bicyclic) bond motifs is 1. The van der Waals surface area contributed by atoms with Crippen LogP contribution in [0.15, 0.2) is 41.6 Å². The monoisotopic (exact) mass is 464 g/mol. The number of methoxy groups -OCH3 is 1. The number of sulfonamides is 1. The average Bonchev–Trinajstić information content (AvgIpc) is 3.06. The van der Waals surface area contributed by atoms with E-state index in [1.54, 1.807) is 6.92 Å². The highest BCUT2D eigenvalue weighted by molar-refractivity contribution is 7.92. The third-order valence-electron chi connectivity index (χ3n) is 5.35. The first-order valence-corrected chi connectivity index (χ1v) is 11.7. The Bertz CT molecular complexity index is 1410. The van der Waals surface area contributed by atoms with Crippen LogP contribution in [0.5, 0.6) is 5.88 Å². The Morgan fingerprint density at radius 1 is 1.18 bits per heavy atom. The van der Waals surface area contributed by atoms with Crippen LogP contribution < -0.4 is 9.46 Å². The van der Waals surface area contributed by atoms with Crippen LogP contribution in [-0.2, 0) is 27.0 Å². The molecule has 0 saturated heterocycles. The van der Waals surface area contributed by atoms with Crippen molar-refractivity contribution in [1.82, 2.24) is 15.0 Å². The van der Waals surface area contributed by atoms with Gasteiger partial charge in [-0.05, 0) is 68.5 Å². The first-order valence-electron chi connectivity index (χ1n) is 10.3. The minimum atomic E-state index is -4.05. The molecule has 170 valence electrons. The summed E-state index contributed by atoms with van der Waals surface area (Å²) >= 11 is 0. The van der Waals surface area contributed by atoms with E-state index >= 15 is 0 Å². The van der Waals surface area contributed by atoms with Crippen molar-refractivity contribution in [2.45, 2.75) is 44.8 Å². The fraction of sp³-hybridized carbons (Fsp3) is 0.292. The van der Waals surface area contributed by atoms with Crippen LogP contribution in [-0.4, -0.2) is 30.5 Å². The number of aromatic nitrogens is 3. The van der Waals surface area contributed by atoms with Gasteiger partial charge < -0.3 is 9.47 Å². The fourth-order valence-corrected chi connectivity index (χ4v) is 4.72. The highest BCUT2D eigenvalue weighted by atomic mass is 32.2. The number of nitrogens with zero attached hydrogens (tertiary/aromatic N) is 3. The number of ether oxygens (including phenoxy) is 2. The van der Waals surface area contributed by atoms with Crippen LogP contribution in [0.25, 0.3) is 0 Å². The zero-order valence-corrected chi connectivity index (χ0v) is 19.9. The number of nitrogens with one attached hydrogen (secondary N) is 1. The summed E-state index contributed by atoms with van der Waals surface area (Å²) in [5.74, 6) is 6.09. The van der Waals surface area contributed by atoms with Crippen molar-refractivity contribution < 1.29 is 17.9 Å². The molecule has 0 spiro atoms. The summed E-state index contributed by atoms with van der Waals surface area (Å²) in [6.07, 6.45) is 2.95. The quantitative estimate of drug-likeness (QED) is 0.590. The first-order chi connectivity index (χ1) is 15.6. The molecule has 0 amide bonds. The summed E-state index contributed by atoms with van der Waals surface area (Å²) in [6, 6.07) is 7.05. The molecule has 1 aliphatic rings. The molecular weight excluding hydrogens is 440 g/mol. The zero-order valence-electron chi connectivity index (χ0n) is 19.1. The molecule has 1 aliphatic heterocycles. The Labute approximate surface area is 193 Å². The molecule has 1 N–H and O–H groups in total. The van der Waals surface area contributed by atoms with Crippen molar-refractivity contribution in [3.8, 4) is 17.7 Å². The smallest absolute Gasteiger partial charge is 0.266 e. The van der Waals surface area contributed by atoms with Gasteiger partial charge in [0.05, 0.1) is 31.2 Å². The van der Waals surface area contributed by atoms with Crippen molar-refractivity contribution in [3.63, 3.8) is 0 Å². The summed E-state index contributed by atoms with van der Waals surface area (Å²) < 4.78 is 39.7. The van der Waals surface area contributed by atoms with Crippen LogP contribution in [0.4, 0.5) is 5.82 Å². The van der Waals surface area contributed by atoms with E-state index in [1.165, 1.54) is 31.6 Å². The standard InChI is InChI=1S/C24H24N4O4S/c1-15-11-18-14-32-24(3,4)19(18)12-17(15)8-9-20-21(7-6-10-25-20)33(29,30)28-22-23(31-5)27-16(2)13-26-22/h6-7,10-13H,14H2,1-5H3,(H,26,28). The molecule has 3 heterocycles. The Hall–Kier alpha value is -3.48. The minimum Gasteiger partial charge on any atom is -0.478 e. The highest BCUT2D eigenvalue weighted by Gasteiger charge is 2.31. The Morgan fingerprint density at radius 3 is 2.73 bits per heavy atom. The van der Waals surface area contributed by atoms with Crippen LogP contribution in [0.3, 0.4) is 0 Å². The molecule has 2 aromatic heterocycles. The summed E-state index contributed by atoms with van der Waals surface area (Å²) in [5.41, 5.74) is 4.33. The molecule has 0 radical (unpaired) electrons. The van der Waals surface area contributed by atoms with Gasteiger partial charge in [-0.3, -0.25) is 4.72 Å². The van der Waals surface area contributed by atoms with Gasteiger partial charge in [0.25, 0.3) is 15.9 Å². The van der Waals surface area contributed by atoms with Gasteiger partial charge in [0, 0.05) is 11.8 Å². The average molecular weight is 465 g/mol. The Morgan fingerprint density at radius 2 is 1.97 bits per heavy atom. The van der Waals surface area contributed by atoms with E-state index in [4.69, 9.17) is 9.47 Å². The Balaban J connectivity index is 1.71. The Kier molecular flexibility index (Phi) is 5.82. The third kappa shape index (κ3) is 4.53. The molecule has 0 fully saturated rings. The number of hydrogen-bond acceptors (Lipinski definition) is 7. The maximum Gasteiger partial charge on any atom is 0.266 e. The molecule has 0 atom stereocenters. The minimum absolute atomic E-state index is 0.0115. The van der Waals surface area contributed by atoms with Gasteiger partial charge in [0.1, 0.15) is 10.6 Å². The van der Waals surface area contributed by atoms with Gasteiger partial charge in [-0.25, -0.2) is 23.4 Å². The summed E-state index contributed by atoms with van der Waals surface area (Å²) in [7, 11) is -2.65. The van der Waals surface area contributed by atoms with Gasteiger partial charge in [-0.2, -0.15) is 0 Å². The van der Waals surface area contributed by atoms with Gasteiger partial charge in [-0.15, -0.1) is 0 Å². The lowest BCUT2D eigenvalue weighted by Crippen LogP contribution is -2.17.